The summed E-state index contributed by atoms with van der Waals surface area (Å²) in [6.45, 7) is 6.97. The number of halogens is 2. The SMILES string of the molecule is CCC(=O)CCC(=O)c1cc(Br)ccc1OCc1ccccc1.CCOC(=O)c1cccc(-n2c(CC)ccc2-c2cc(Br)ccc2OCc2ccccc2)c1. The average Bonchev–Trinajstić information content (AvgIpc) is 3.67. The summed E-state index contributed by atoms with van der Waals surface area (Å²) in [4.78, 5) is 36.2. The Labute approximate surface area is 345 Å². The van der Waals surface area contributed by atoms with Gasteiger partial charge in [-0.05, 0) is 91.2 Å². The van der Waals surface area contributed by atoms with Crippen LogP contribution in [0.5, 0.6) is 11.5 Å². The van der Waals surface area contributed by atoms with E-state index in [0.717, 1.165) is 54.9 Å². The molecule has 6 rings (SSSR count). The number of hydrogen-bond acceptors (Lipinski definition) is 6. The van der Waals surface area contributed by atoms with E-state index < -0.39 is 0 Å². The third-order valence-corrected chi connectivity index (χ3v) is 9.89. The molecule has 9 heteroatoms. The number of ketones is 2. The van der Waals surface area contributed by atoms with E-state index in [4.69, 9.17) is 14.2 Å². The van der Waals surface area contributed by atoms with Crippen LogP contribution in [0, 0.1) is 0 Å². The summed E-state index contributed by atoms with van der Waals surface area (Å²) in [6.07, 6.45) is 1.80. The van der Waals surface area contributed by atoms with Crippen LogP contribution in [0.2, 0.25) is 0 Å². The molecule has 0 saturated heterocycles. The summed E-state index contributed by atoms with van der Waals surface area (Å²) in [5.41, 5.74) is 7.21. The average molecular weight is 880 g/mol. The first-order valence-electron chi connectivity index (χ1n) is 18.7. The molecule has 0 radical (unpaired) electrons. The third kappa shape index (κ3) is 11.6. The molecule has 0 fully saturated rings. The van der Waals surface area contributed by atoms with Crippen molar-refractivity contribution in [3.8, 4) is 28.4 Å². The molecular weight excluding hydrogens is 834 g/mol. The fourth-order valence-corrected chi connectivity index (χ4v) is 6.69. The van der Waals surface area contributed by atoms with E-state index in [1.807, 2.05) is 91.9 Å². The van der Waals surface area contributed by atoms with Crippen LogP contribution in [0.3, 0.4) is 0 Å². The molecule has 0 saturated carbocycles. The standard InChI is InChI=1S/C28H26BrNO3.C19H19BrO3/c1-3-23-14-15-26(30(23)24-12-8-11-21(17-24)28(31)32-4-2)25-18-22(29)13-16-27(25)33-19-20-9-6-5-7-10-20;1-2-16(21)9-10-18(22)17-12-15(20)8-11-19(17)23-13-14-6-4-3-5-7-14/h5-18H,3-4,19H2,1-2H3;3-8,11-12H,2,9-10,13H2,1H3. The second kappa shape index (κ2) is 21.2. The number of carbonyl (C=O) groups excluding carboxylic acids is 3. The van der Waals surface area contributed by atoms with Gasteiger partial charge in [-0.15, -0.1) is 0 Å². The number of carbonyl (C=O) groups is 3. The lowest BCUT2D eigenvalue weighted by Crippen LogP contribution is -2.07. The van der Waals surface area contributed by atoms with Crippen LogP contribution in [0.1, 0.15) is 77.6 Å². The van der Waals surface area contributed by atoms with Gasteiger partial charge in [-0.1, -0.05) is 112 Å². The monoisotopic (exact) mass is 877 g/mol. The molecule has 0 aliphatic rings. The summed E-state index contributed by atoms with van der Waals surface area (Å²) >= 11 is 7.00. The molecular formula is C47H45Br2NO6. The van der Waals surface area contributed by atoms with Gasteiger partial charge in [0.15, 0.2) is 5.78 Å². The van der Waals surface area contributed by atoms with Gasteiger partial charge in [0.2, 0.25) is 0 Å². The Kier molecular flexibility index (Phi) is 15.8. The van der Waals surface area contributed by atoms with Gasteiger partial charge in [-0.2, -0.15) is 0 Å². The highest BCUT2D eigenvalue weighted by Crippen LogP contribution is 2.36. The number of nitrogens with zero attached hydrogens (tertiary/aromatic N) is 1. The molecule has 0 N–H and O–H groups in total. The Morgan fingerprint density at radius 3 is 1.88 bits per heavy atom. The zero-order valence-electron chi connectivity index (χ0n) is 31.8. The van der Waals surface area contributed by atoms with Crippen LogP contribution in [0.4, 0.5) is 0 Å². The van der Waals surface area contributed by atoms with E-state index in [9.17, 15) is 14.4 Å². The fraction of sp³-hybridized carbons (Fsp3) is 0.213. The normalized spacial score (nSPS) is 10.6. The summed E-state index contributed by atoms with van der Waals surface area (Å²) < 4.78 is 21.2. The predicted octanol–water partition coefficient (Wildman–Crippen LogP) is 12.2. The quantitative estimate of drug-likeness (QED) is 0.0711. The topological polar surface area (TPSA) is 83.8 Å². The van der Waals surface area contributed by atoms with Gasteiger partial charge in [0, 0.05) is 45.2 Å². The van der Waals surface area contributed by atoms with Crippen LogP contribution in [-0.4, -0.2) is 28.7 Å². The van der Waals surface area contributed by atoms with Gasteiger partial charge in [-0.3, -0.25) is 9.59 Å². The Bertz CT molecular complexity index is 2230. The van der Waals surface area contributed by atoms with E-state index in [1.165, 1.54) is 0 Å². The molecule has 0 amide bonds. The van der Waals surface area contributed by atoms with Crippen molar-refractivity contribution in [3.63, 3.8) is 0 Å². The van der Waals surface area contributed by atoms with Crippen molar-refractivity contribution >= 4 is 49.4 Å². The highest BCUT2D eigenvalue weighted by atomic mass is 79.9. The molecule has 1 aromatic heterocycles. The van der Waals surface area contributed by atoms with Crippen molar-refractivity contribution in [1.82, 2.24) is 4.57 Å². The fourth-order valence-electron chi connectivity index (χ4n) is 5.97. The van der Waals surface area contributed by atoms with E-state index in [2.05, 4.69) is 73.7 Å². The second-order valence-corrected chi connectivity index (χ2v) is 14.6. The number of hydrogen-bond donors (Lipinski definition) is 0. The molecule has 5 aromatic carbocycles. The first-order chi connectivity index (χ1) is 27.2. The van der Waals surface area contributed by atoms with Crippen LogP contribution >= 0.6 is 31.9 Å². The maximum absolute atomic E-state index is 12.4. The smallest absolute Gasteiger partial charge is 0.338 e. The van der Waals surface area contributed by atoms with Gasteiger partial charge in [-0.25, -0.2) is 4.79 Å². The zero-order valence-corrected chi connectivity index (χ0v) is 35.0. The Hall–Kier alpha value is -5.25. The number of benzene rings is 5. The largest absolute Gasteiger partial charge is 0.488 e. The summed E-state index contributed by atoms with van der Waals surface area (Å²) in [7, 11) is 0. The molecule has 0 unspecified atom stereocenters. The first-order valence-corrected chi connectivity index (χ1v) is 20.2. The third-order valence-electron chi connectivity index (χ3n) is 8.90. The molecule has 6 aromatic rings. The Morgan fingerprint density at radius 1 is 0.625 bits per heavy atom. The van der Waals surface area contributed by atoms with Crippen molar-refractivity contribution in [3.05, 3.63) is 170 Å². The number of aryl methyl sites for hydroxylation is 1. The summed E-state index contributed by atoms with van der Waals surface area (Å²) in [5.74, 6) is 1.05. The maximum Gasteiger partial charge on any atom is 0.338 e. The van der Waals surface area contributed by atoms with Crippen molar-refractivity contribution in [1.29, 1.82) is 0 Å². The Balaban J connectivity index is 0.000000229. The summed E-state index contributed by atoms with van der Waals surface area (Å²) in [5, 5.41) is 0. The minimum Gasteiger partial charge on any atom is -0.488 e. The molecule has 7 nitrogen and oxygen atoms in total. The minimum atomic E-state index is -0.319. The van der Waals surface area contributed by atoms with Crippen molar-refractivity contribution in [2.24, 2.45) is 0 Å². The molecule has 0 spiro atoms. The lowest BCUT2D eigenvalue weighted by atomic mass is 10.0. The number of esters is 1. The number of ether oxygens (including phenoxy) is 3. The lowest BCUT2D eigenvalue weighted by Gasteiger charge is -2.17. The minimum absolute atomic E-state index is 0.0730. The van der Waals surface area contributed by atoms with Gasteiger partial charge in [0.25, 0.3) is 0 Å². The molecule has 0 bridgehead atoms. The van der Waals surface area contributed by atoms with E-state index in [-0.39, 0.29) is 30.4 Å². The summed E-state index contributed by atoms with van der Waals surface area (Å²) in [6, 6.07) is 43.1. The van der Waals surface area contributed by atoms with Crippen LogP contribution in [-0.2, 0) is 29.2 Å². The predicted molar refractivity (Wildman–Crippen MR) is 229 cm³/mol. The molecule has 0 aliphatic carbocycles. The van der Waals surface area contributed by atoms with E-state index in [0.29, 0.717) is 43.1 Å². The lowest BCUT2D eigenvalue weighted by molar-refractivity contribution is -0.118. The van der Waals surface area contributed by atoms with Crippen molar-refractivity contribution in [2.45, 2.75) is 59.7 Å². The van der Waals surface area contributed by atoms with Gasteiger partial charge >= 0.3 is 5.97 Å². The van der Waals surface area contributed by atoms with Gasteiger partial charge < -0.3 is 18.8 Å². The highest BCUT2D eigenvalue weighted by Gasteiger charge is 2.18. The van der Waals surface area contributed by atoms with Gasteiger partial charge in [0.05, 0.1) is 23.4 Å². The molecule has 0 atom stereocenters. The van der Waals surface area contributed by atoms with Crippen molar-refractivity contribution in [2.75, 3.05) is 6.61 Å². The van der Waals surface area contributed by atoms with Crippen LogP contribution in [0.25, 0.3) is 16.9 Å². The number of Topliss-reactive ketones (excluding diaryl/α,β-unsaturated/α-hetero) is 2. The highest BCUT2D eigenvalue weighted by molar-refractivity contribution is 9.10. The molecule has 0 aliphatic heterocycles. The zero-order chi connectivity index (χ0) is 39.9. The van der Waals surface area contributed by atoms with Gasteiger partial charge in [0.1, 0.15) is 30.5 Å². The van der Waals surface area contributed by atoms with E-state index in [1.54, 1.807) is 25.1 Å². The first kappa shape index (κ1) is 41.9. The second-order valence-electron chi connectivity index (χ2n) is 12.8. The number of rotatable bonds is 16. The van der Waals surface area contributed by atoms with Crippen molar-refractivity contribution < 1.29 is 28.6 Å². The maximum atomic E-state index is 12.4. The number of aromatic nitrogens is 1. The molecule has 56 heavy (non-hydrogen) atoms. The van der Waals surface area contributed by atoms with E-state index >= 15 is 0 Å². The molecule has 1 heterocycles. The van der Waals surface area contributed by atoms with Crippen LogP contribution in [0.15, 0.2) is 142 Å². The molecule has 288 valence electrons. The Morgan fingerprint density at radius 2 is 1.25 bits per heavy atom. The van der Waals surface area contributed by atoms with Crippen LogP contribution < -0.4 is 9.47 Å².